The SMILES string of the molecule is CC1(C)Oc2ccc(OC(=O)C3COC(c4ccccc4)=N3)cc2O1. The van der Waals surface area contributed by atoms with Gasteiger partial charge in [0.1, 0.15) is 12.4 Å². The van der Waals surface area contributed by atoms with E-state index in [4.69, 9.17) is 18.9 Å². The third-order valence-corrected chi connectivity index (χ3v) is 3.79. The molecule has 2 aliphatic rings. The highest BCUT2D eigenvalue weighted by Gasteiger charge is 2.33. The molecule has 0 saturated heterocycles. The number of rotatable bonds is 3. The number of benzene rings is 2. The third-order valence-electron chi connectivity index (χ3n) is 3.79. The topological polar surface area (TPSA) is 66.4 Å². The predicted octanol–water partition coefficient (Wildman–Crippen LogP) is 2.94. The second-order valence-corrected chi connectivity index (χ2v) is 6.26. The fourth-order valence-electron chi connectivity index (χ4n) is 2.68. The molecule has 0 radical (unpaired) electrons. The van der Waals surface area contributed by atoms with Crippen LogP contribution < -0.4 is 14.2 Å². The van der Waals surface area contributed by atoms with E-state index in [1.54, 1.807) is 18.2 Å². The molecule has 25 heavy (non-hydrogen) atoms. The zero-order chi connectivity index (χ0) is 17.4. The molecule has 6 heteroatoms. The van der Waals surface area contributed by atoms with Gasteiger partial charge < -0.3 is 18.9 Å². The summed E-state index contributed by atoms with van der Waals surface area (Å²) in [6.07, 6.45) is 0. The first-order valence-electron chi connectivity index (χ1n) is 8.00. The van der Waals surface area contributed by atoms with E-state index in [9.17, 15) is 4.79 Å². The highest BCUT2D eigenvalue weighted by atomic mass is 16.7. The Morgan fingerprint density at radius 2 is 1.88 bits per heavy atom. The Hall–Kier alpha value is -3.02. The standard InChI is InChI=1S/C19H17NO5/c1-19(2)24-15-9-8-13(10-16(15)25-19)23-18(21)14-11-22-17(20-14)12-6-4-3-5-7-12/h3-10,14H,11H2,1-2H3. The summed E-state index contributed by atoms with van der Waals surface area (Å²) < 4.78 is 22.2. The zero-order valence-electron chi connectivity index (χ0n) is 13.9. The Morgan fingerprint density at radius 3 is 2.68 bits per heavy atom. The number of nitrogens with zero attached hydrogens (tertiary/aromatic N) is 1. The summed E-state index contributed by atoms with van der Waals surface area (Å²) >= 11 is 0. The van der Waals surface area contributed by atoms with Crippen molar-refractivity contribution in [2.24, 2.45) is 4.99 Å². The molecule has 6 nitrogen and oxygen atoms in total. The second kappa shape index (κ2) is 5.81. The number of aliphatic imine (C=N–C) groups is 1. The van der Waals surface area contributed by atoms with Crippen molar-refractivity contribution in [2.45, 2.75) is 25.7 Å². The number of hydrogen-bond donors (Lipinski definition) is 0. The van der Waals surface area contributed by atoms with Crippen LogP contribution in [0.2, 0.25) is 0 Å². The molecule has 0 bridgehead atoms. The van der Waals surface area contributed by atoms with Gasteiger partial charge in [-0.1, -0.05) is 18.2 Å². The van der Waals surface area contributed by atoms with E-state index in [2.05, 4.69) is 4.99 Å². The van der Waals surface area contributed by atoms with Crippen LogP contribution in [0.3, 0.4) is 0 Å². The number of ether oxygens (including phenoxy) is 4. The summed E-state index contributed by atoms with van der Waals surface area (Å²) in [6.45, 7) is 3.80. The largest absolute Gasteiger partial charge is 0.475 e. The molecular formula is C19H17NO5. The van der Waals surface area contributed by atoms with Gasteiger partial charge in [0.25, 0.3) is 0 Å². The predicted molar refractivity (Wildman–Crippen MR) is 90.1 cm³/mol. The van der Waals surface area contributed by atoms with Gasteiger partial charge >= 0.3 is 5.97 Å². The Kier molecular flexibility index (Phi) is 3.60. The van der Waals surface area contributed by atoms with Crippen LogP contribution >= 0.6 is 0 Å². The molecule has 0 spiro atoms. The minimum absolute atomic E-state index is 0.167. The van der Waals surface area contributed by atoms with Crippen molar-refractivity contribution in [1.29, 1.82) is 0 Å². The molecule has 2 heterocycles. The number of fused-ring (bicyclic) bond motifs is 1. The van der Waals surface area contributed by atoms with E-state index in [1.165, 1.54) is 0 Å². The maximum atomic E-state index is 12.3. The molecule has 2 aliphatic heterocycles. The Bertz CT molecular complexity index is 844. The van der Waals surface area contributed by atoms with Crippen molar-refractivity contribution in [3.8, 4) is 17.2 Å². The molecule has 0 aliphatic carbocycles. The summed E-state index contributed by atoms with van der Waals surface area (Å²) in [7, 11) is 0. The van der Waals surface area contributed by atoms with Gasteiger partial charge in [-0.2, -0.15) is 0 Å². The number of hydrogen-bond acceptors (Lipinski definition) is 6. The lowest BCUT2D eigenvalue weighted by atomic mass is 10.2. The quantitative estimate of drug-likeness (QED) is 0.635. The van der Waals surface area contributed by atoms with Crippen molar-refractivity contribution in [2.75, 3.05) is 6.61 Å². The fourth-order valence-corrected chi connectivity index (χ4v) is 2.68. The van der Waals surface area contributed by atoms with Crippen molar-refractivity contribution < 1.29 is 23.7 Å². The van der Waals surface area contributed by atoms with E-state index in [0.29, 0.717) is 23.1 Å². The molecule has 0 fully saturated rings. The molecule has 0 N–H and O–H groups in total. The van der Waals surface area contributed by atoms with Crippen LogP contribution in [0.4, 0.5) is 0 Å². The summed E-state index contributed by atoms with van der Waals surface area (Å²) in [5.74, 6) is 0.816. The number of esters is 1. The van der Waals surface area contributed by atoms with E-state index in [0.717, 1.165) is 5.56 Å². The van der Waals surface area contributed by atoms with Gasteiger partial charge in [0, 0.05) is 25.5 Å². The van der Waals surface area contributed by atoms with Crippen molar-refractivity contribution in [3.05, 3.63) is 54.1 Å². The van der Waals surface area contributed by atoms with Crippen LogP contribution in [-0.4, -0.2) is 30.3 Å². The van der Waals surface area contributed by atoms with Gasteiger partial charge in [0.2, 0.25) is 11.7 Å². The molecule has 4 rings (SSSR count). The van der Waals surface area contributed by atoms with E-state index < -0.39 is 17.8 Å². The maximum Gasteiger partial charge on any atom is 0.339 e. The van der Waals surface area contributed by atoms with Crippen molar-refractivity contribution in [1.82, 2.24) is 0 Å². The highest BCUT2D eigenvalue weighted by molar-refractivity contribution is 5.97. The minimum atomic E-state index is -0.723. The lowest BCUT2D eigenvalue weighted by molar-refractivity contribution is -0.136. The van der Waals surface area contributed by atoms with E-state index in [-0.39, 0.29) is 6.61 Å². The van der Waals surface area contributed by atoms with Crippen molar-refractivity contribution >= 4 is 11.9 Å². The summed E-state index contributed by atoms with van der Waals surface area (Å²) in [6, 6.07) is 13.8. The second-order valence-electron chi connectivity index (χ2n) is 6.26. The monoisotopic (exact) mass is 339 g/mol. The van der Waals surface area contributed by atoms with Crippen LogP contribution in [0.5, 0.6) is 17.2 Å². The molecule has 2 aromatic rings. The first kappa shape index (κ1) is 15.5. The number of carbonyl (C=O) groups is 1. The van der Waals surface area contributed by atoms with Crippen LogP contribution in [0.1, 0.15) is 19.4 Å². The van der Waals surface area contributed by atoms with Gasteiger partial charge in [-0.15, -0.1) is 0 Å². The molecular weight excluding hydrogens is 322 g/mol. The summed E-state index contributed by atoms with van der Waals surface area (Å²) in [5.41, 5.74) is 0.836. The van der Waals surface area contributed by atoms with Gasteiger partial charge in [-0.3, -0.25) is 0 Å². The van der Waals surface area contributed by atoms with Crippen LogP contribution in [-0.2, 0) is 9.53 Å². The average molecular weight is 339 g/mol. The molecule has 0 amide bonds. The fraction of sp³-hybridized carbons (Fsp3) is 0.263. The molecule has 0 aromatic heterocycles. The Labute approximate surface area is 145 Å². The van der Waals surface area contributed by atoms with Gasteiger partial charge in [0.05, 0.1) is 0 Å². The maximum absolute atomic E-state index is 12.3. The molecule has 1 atom stereocenters. The molecule has 128 valence electrons. The first-order chi connectivity index (χ1) is 12.0. The zero-order valence-corrected chi connectivity index (χ0v) is 13.9. The number of carbonyl (C=O) groups excluding carboxylic acids is 1. The van der Waals surface area contributed by atoms with Crippen molar-refractivity contribution in [3.63, 3.8) is 0 Å². The van der Waals surface area contributed by atoms with E-state index in [1.807, 2.05) is 44.2 Å². The van der Waals surface area contributed by atoms with Gasteiger partial charge in [-0.05, 0) is 24.3 Å². The Morgan fingerprint density at radius 1 is 1.12 bits per heavy atom. The summed E-state index contributed by atoms with van der Waals surface area (Å²) in [5, 5.41) is 0. The molecule has 0 saturated carbocycles. The lowest BCUT2D eigenvalue weighted by Crippen LogP contribution is -2.29. The summed E-state index contributed by atoms with van der Waals surface area (Å²) in [4.78, 5) is 16.7. The van der Waals surface area contributed by atoms with E-state index >= 15 is 0 Å². The van der Waals surface area contributed by atoms with Crippen LogP contribution in [0.15, 0.2) is 53.5 Å². The van der Waals surface area contributed by atoms with Gasteiger partial charge in [0.15, 0.2) is 17.5 Å². The molecule has 1 unspecified atom stereocenters. The smallest absolute Gasteiger partial charge is 0.339 e. The average Bonchev–Trinajstić information content (AvgIpc) is 3.18. The Balaban J connectivity index is 1.46. The highest BCUT2D eigenvalue weighted by Crippen LogP contribution is 2.41. The minimum Gasteiger partial charge on any atom is -0.475 e. The third kappa shape index (κ3) is 3.15. The van der Waals surface area contributed by atoms with Crippen LogP contribution in [0.25, 0.3) is 0 Å². The first-order valence-corrected chi connectivity index (χ1v) is 8.00. The van der Waals surface area contributed by atoms with Crippen LogP contribution in [0, 0.1) is 0 Å². The lowest BCUT2D eigenvalue weighted by Gasteiger charge is -2.16. The normalized spacial score (nSPS) is 19.9. The van der Waals surface area contributed by atoms with Gasteiger partial charge in [-0.25, -0.2) is 9.79 Å². The molecule has 2 aromatic carbocycles.